The molecule has 0 aromatic heterocycles. The van der Waals surface area contributed by atoms with E-state index in [1.165, 1.54) is 0 Å². The van der Waals surface area contributed by atoms with Crippen LogP contribution >= 0.6 is 0 Å². The normalized spacial score (nSPS) is 11.9. The van der Waals surface area contributed by atoms with Gasteiger partial charge in [0, 0.05) is 38.8 Å². The SMILES string of the molecule is COCC(C)CC(=O)N(CCCC(=O)O)c1ccccc1. The van der Waals surface area contributed by atoms with Gasteiger partial charge in [0.2, 0.25) is 5.91 Å². The van der Waals surface area contributed by atoms with E-state index in [4.69, 9.17) is 9.84 Å². The Morgan fingerprint density at radius 3 is 2.52 bits per heavy atom. The molecule has 0 aliphatic rings. The largest absolute Gasteiger partial charge is 0.481 e. The summed E-state index contributed by atoms with van der Waals surface area (Å²) < 4.78 is 5.05. The summed E-state index contributed by atoms with van der Waals surface area (Å²) >= 11 is 0. The number of carboxylic acid groups (broad SMARTS) is 1. The summed E-state index contributed by atoms with van der Waals surface area (Å²) in [4.78, 5) is 24.7. The molecule has 1 N–H and O–H groups in total. The number of amides is 1. The molecule has 5 heteroatoms. The van der Waals surface area contributed by atoms with Crippen molar-refractivity contribution in [2.75, 3.05) is 25.2 Å². The van der Waals surface area contributed by atoms with Crippen LogP contribution in [-0.2, 0) is 14.3 Å². The Balaban J connectivity index is 2.71. The van der Waals surface area contributed by atoms with Crippen molar-refractivity contribution in [2.24, 2.45) is 5.92 Å². The minimum absolute atomic E-state index is 0.00358. The monoisotopic (exact) mass is 293 g/mol. The molecule has 116 valence electrons. The van der Waals surface area contributed by atoms with Crippen LogP contribution in [-0.4, -0.2) is 37.2 Å². The molecule has 0 radical (unpaired) electrons. The molecule has 1 atom stereocenters. The highest BCUT2D eigenvalue weighted by Gasteiger charge is 2.18. The number of para-hydroxylation sites is 1. The first-order chi connectivity index (χ1) is 10.0. The van der Waals surface area contributed by atoms with Gasteiger partial charge in [0.25, 0.3) is 0 Å². The maximum absolute atomic E-state index is 12.4. The van der Waals surface area contributed by atoms with Crippen LogP contribution in [0.2, 0.25) is 0 Å². The number of ether oxygens (including phenoxy) is 1. The number of hydrogen-bond donors (Lipinski definition) is 1. The number of anilines is 1. The Morgan fingerprint density at radius 1 is 1.29 bits per heavy atom. The molecule has 5 nitrogen and oxygen atoms in total. The number of carbonyl (C=O) groups excluding carboxylic acids is 1. The van der Waals surface area contributed by atoms with Crippen LogP contribution < -0.4 is 4.90 Å². The van der Waals surface area contributed by atoms with Crippen molar-refractivity contribution in [1.29, 1.82) is 0 Å². The fourth-order valence-corrected chi connectivity index (χ4v) is 2.15. The number of rotatable bonds is 9. The van der Waals surface area contributed by atoms with Crippen LogP contribution in [0.3, 0.4) is 0 Å². The molecule has 0 aliphatic carbocycles. The van der Waals surface area contributed by atoms with Crippen LogP contribution in [0.15, 0.2) is 30.3 Å². The van der Waals surface area contributed by atoms with Crippen LogP contribution in [0.4, 0.5) is 5.69 Å². The first-order valence-electron chi connectivity index (χ1n) is 7.10. The molecule has 1 unspecified atom stereocenters. The Hall–Kier alpha value is -1.88. The second-order valence-electron chi connectivity index (χ2n) is 5.14. The lowest BCUT2D eigenvalue weighted by atomic mass is 10.1. The van der Waals surface area contributed by atoms with Gasteiger partial charge in [0.15, 0.2) is 0 Å². The van der Waals surface area contributed by atoms with Crippen molar-refractivity contribution in [1.82, 2.24) is 0 Å². The Labute approximate surface area is 125 Å². The topological polar surface area (TPSA) is 66.8 Å². The van der Waals surface area contributed by atoms with Crippen LogP contribution in [0, 0.1) is 5.92 Å². The van der Waals surface area contributed by atoms with Gasteiger partial charge in [-0.2, -0.15) is 0 Å². The number of nitrogens with zero attached hydrogens (tertiary/aromatic N) is 1. The van der Waals surface area contributed by atoms with Crippen LogP contribution in [0.25, 0.3) is 0 Å². The molecule has 0 fully saturated rings. The summed E-state index contributed by atoms with van der Waals surface area (Å²) in [5, 5.41) is 8.73. The first kappa shape index (κ1) is 17.2. The minimum atomic E-state index is -0.844. The number of hydrogen-bond acceptors (Lipinski definition) is 3. The zero-order chi connectivity index (χ0) is 15.7. The average molecular weight is 293 g/mol. The molecule has 1 aromatic rings. The third-order valence-electron chi connectivity index (χ3n) is 3.12. The lowest BCUT2D eigenvalue weighted by molar-refractivity contribution is -0.137. The number of methoxy groups -OCH3 is 1. The summed E-state index contributed by atoms with van der Waals surface area (Å²) in [7, 11) is 1.61. The molecule has 0 spiro atoms. The summed E-state index contributed by atoms with van der Waals surface area (Å²) in [5.41, 5.74) is 0.803. The van der Waals surface area contributed by atoms with E-state index >= 15 is 0 Å². The maximum atomic E-state index is 12.4. The second kappa shape index (κ2) is 9.13. The van der Waals surface area contributed by atoms with Crippen molar-refractivity contribution in [3.8, 4) is 0 Å². The van der Waals surface area contributed by atoms with Gasteiger partial charge < -0.3 is 14.7 Å². The van der Waals surface area contributed by atoms with E-state index in [9.17, 15) is 9.59 Å². The predicted molar refractivity (Wildman–Crippen MR) is 81.3 cm³/mol. The summed E-state index contributed by atoms with van der Waals surface area (Å²) in [6.45, 7) is 2.90. The first-order valence-corrected chi connectivity index (χ1v) is 7.10. The van der Waals surface area contributed by atoms with E-state index in [0.29, 0.717) is 26.0 Å². The summed E-state index contributed by atoms with van der Waals surface area (Å²) in [6.07, 6.45) is 0.884. The van der Waals surface area contributed by atoms with Crippen molar-refractivity contribution in [2.45, 2.75) is 26.2 Å². The summed E-state index contributed by atoms with van der Waals surface area (Å²) in [5.74, 6) is -0.715. The zero-order valence-corrected chi connectivity index (χ0v) is 12.6. The molecule has 0 heterocycles. The standard InChI is InChI=1S/C16H23NO4/c1-13(12-21-2)11-15(18)17(10-6-9-16(19)20)14-7-4-3-5-8-14/h3-5,7-8,13H,6,9-12H2,1-2H3,(H,19,20). The molecule has 0 saturated carbocycles. The van der Waals surface area contributed by atoms with Gasteiger partial charge in [-0.05, 0) is 24.5 Å². The summed E-state index contributed by atoms with van der Waals surface area (Å²) in [6, 6.07) is 9.34. The third kappa shape index (κ3) is 6.40. The minimum Gasteiger partial charge on any atom is -0.481 e. The van der Waals surface area contributed by atoms with Gasteiger partial charge >= 0.3 is 5.97 Å². The van der Waals surface area contributed by atoms with Gasteiger partial charge in [-0.3, -0.25) is 9.59 Å². The number of carboxylic acids is 1. The van der Waals surface area contributed by atoms with E-state index in [1.807, 2.05) is 37.3 Å². The molecule has 1 aromatic carbocycles. The lowest BCUT2D eigenvalue weighted by Gasteiger charge is -2.24. The highest BCUT2D eigenvalue weighted by atomic mass is 16.5. The van der Waals surface area contributed by atoms with Crippen LogP contribution in [0.5, 0.6) is 0 Å². The van der Waals surface area contributed by atoms with E-state index in [0.717, 1.165) is 5.69 Å². The quantitative estimate of drug-likeness (QED) is 0.760. The third-order valence-corrected chi connectivity index (χ3v) is 3.12. The average Bonchev–Trinajstić information content (AvgIpc) is 2.44. The second-order valence-corrected chi connectivity index (χ2v) is 5.14. The van der Waals surface area contributed by atoms with Crippen molar-refractivity contribution in [3.63, 3.8) is 0 Å². The predicted octanol–water partition coefficient (Wildman–Crippen LogP) is 2.56. The Kier molecular flexibility index (Phi) is 7.46. The molecular weight excluding hydrogens is 270 g/mol. The lowest BCUT2D eigenvalue weighted by Crippen LogP contribution is -2.33. The highest BCUT2D eigenvalue weighted by Crippen LogP contribution is 2.17. The van der Waals surface area contributed by atoms with Gasteiger partial charge in [-0.15, -0.1) is 0 Å². The zero-order valence-electron chi connectivity index (χ0n) is 12.6. The number of benzene rings is 1. The Morgan fingerprint density at radius 2 is 1.95 bits per heavy atom. The molecule has 0 aliphatic heterocycles. The van der Waals surface area contributed by atoms with E-state index in [2.05, 4.69) is 0 Å². The van der Waals surface area contributed by atoms with Crippen LogP contribution in [0.1, 0.15) is 26.2 Å². The van der Waals surface area contributed by atoms with Gasteiger partial charge in [-0.25, -0.2) is 0 Å². The van der Waals surface area contributed by atoms with Crippen molar-refractivity contribution in [3.05, 3.63) is 30.3 Å². The van der Waals surface area contributed by atoms with Gasteiger partial charge in [0.05, 0.1) is 0 Å². The van der Waals surface area contributed by atoms with Crippen molar-refractivity contribution < 1.29 is 19.4 Å². The molecule has 1 rings (SSSR count). The maximum Gasteiger partial charge on any atom is 0.303 e. The molecular formula is C16H23NO4. The van der Waals surface area contributed by atoms with E-state index in [-0.39, 0.29) is 18.2 Å². The Bertz CT molecular complexity index is 447. The molecule has 21 heavy (non-hydrogen) atoms. The van der Waals surface area contributed by atoms with Gasteiger partial charge in [-0.1, -0.05) is 25.1 Å². The smallest absolute Gasteiger partial charge is 0.303 e. The molecule has 0 saturated heterocycles. The fraction of sp³-hybridized carbons (Fsp3) is 0.500. The van der Waals surface area contributed by atoms with E-state index < -0.39 is 5.97 Å². The number of carbonyl (C=O) groups is 2. The van der Waals surface area contributed by atoms with Crippen molar-refractivity contribution >= 4 is 17.6 Å². The molecule has 1 amide bonds. The van der Waals surface area contributed by atoms with E-state index in [1.54, 1.807) is 12.0 Å². The fourth-order valence-electron chi connectivity index (χ4n) is 2.15. The highest BCUT2D eigenvalue weighted by molar-refractivity contribution is 5.93. The van der Waals surface area contributed by atoms with Gasteiger partial charge in [0.1, 0.15) is 0 Å². The molecule has 0 bridgehead atoms. The number of aliphatic carboxylic acids is 1.